The lowest BCUT2D eigenvalue weighted by atomic mass is 10.0. The number of aliphatic hydroxyl groups excluding tert-OH is 1. The van der Waals surface area contributed by atoms with Gasteiger partial charge in [0.2, 0.25) is 0 Å². The first-order valence-corrected chi connectivity index (χ1v) is 5.52. The van der Waals surface area contributed by atoms with Gasteiger partial charge in [-0.05, 0) is 25.0 Å². The van der Waals surface area contributed by atoms with Crippen LogP contribution in [0.2, 0.25) is 0 Å². The first-order chi connectivity index (χ1) is 7.13. The molecule has 0 spiro atoms. The van der Waals surface area contributed by atoms with Crippen molar-refractivity contribution in [2.45, 2.75) is 39.3 Å². The highest BCUT2D eigenvalue weighted by atomic mass is 16.3. The molecular weight excluding hydrogens is 190 g/mol. The van der Waals surface area contributed by atoms with Gasteiger partial charge in [-0.15, -0.1) is 0 Å². The molecule has 3 heteroatoms. The van der Waals surface area contributed by atoms with Gasteiger partial charge < -0.3 is 14.8 Å². The number of nitrogens with one attached hydrogen (secondary N) is 1. The Kier molecular flexibility index (Phi) is 4.85. The van der Waals surface area contributed by atoms with Crippen molar-refractivity contribution in [3.8, 4) is 0 Å². The molecule has 0 amide bonds. The summed E-state index contributed by atoms with van der Waals surface area (Å²) in [5.41, 5.74) is 0. The van der Waals surface area contributed by atoms with Crippen molar-refractivity contribution in [1.82, 2.24) is 5.32 Å². The largest absolute Gasteiger partial charge is 0.469 e. The molecule has 0 bridgehead atoms. The van der Waals surface area contributed by atoms with Crippen LogP contribution in [0.25, 0.3) is 0 Å². The van der Waals surface area contributed by atoms with Crippen LogP contribution in [0.5, 0.6) is 0 Å². The summed E-state index contributed by atoms with van der Waals surface area (Å²) < 4.78 is 5.28. The minimum absolute atomic E-state index is 0.162. The Balaban J connectivity index is 2.37. The maximum absolute atomic E-state index is 9.19. The third-order valence-corrected chi connectivity index (χ3v) is 2.59. The lowest BCUT2D eigenvalue weighted by Crippen LogP contribution is -2.43. The molecule has 1 aromatic heterocycles. The van der Waals surface area contributed by atoms with E-state index in [-0.39, 0.29) is 12.6 Å². The minimum Gasteiger partial charge on any atom is -0.469 e. The Morgan fingerprint density at radius 3 is 2.60 bits per heavy atom. The van der Waals surface area contributed by atoms with Crippen LogP contribution in [0, 0.1) is 5.92 Å². The number of rotatable bonds is 6. The molecule has 0 aromatic carbocycles. The molecule has 3 nitrogen and oxygen atoms in total. The van der Waals surface area contributed by atoms with E-state index in [9.17, 15) is 5.11 Å². The first-order valence-electron chi connectivity index (χ1n) is 5.52. The molecule has 0 aliphatic heterocycles. The van der Waals surface area contributed by atoms with Gasteiger partial charge in [0.25, 0.3) is 0 Å². The zero-order valence-corrected chi connectivity index (χ0v) is 9.73. The van der Waals surface area contributed by atoms with Gasteiger partial charge in [-0.2, -0.15) is 0 Å². The highest BCUT2D eigenvalue weighted by Crippen LogP contribution is 2.07. The molecule has 1 aromatic rings. The normalized spacial score (nSPS) is 15.5. The molecule has 86 valence electrons. The van der Waals surface area contributed by atoms with Crippen LogP contribution in [0.15, 0.2) is 22.8 Å². The van der Waals surface area contributed by atoms with Crippen molar-refractivity contribution < 1.29 is 9.52 Å². The Morgan fingerprint density at radius 2 is 2.13 bits per heavy atom. The van der Waals surface area contributed by atoms with Crippen molar-refractivity contribution in [1.29, 1.82) is 0 Å². The van der Waals surface area contributed by atoms with Crippen LogP contribution in [-0.2, 0) is 6.42 Å². The second kappa shape index (κ2) is 5.93. The van der Waals surface area contributed by atoms with Gasteiger partial charge in [-0.1, -0.05) is 13.8 Å². The van der Waals surface area contributed by atoms with Crippen molar-refractivity contribution in [3.63, 3.8) is 0 Å². The fourth-order valence-electron chi connectivity index (χ4n) is 1.61. The summed E-state index contributed by atoms with van der Waals surface area (Å²) in [5, 5.41) is 12.6. The van der Waals surface area contributed by atoms with Crippen LogP contribution in [-0.4, -0.2) is 23.8 Å². The van der Waals surface area contributed by atoms with Gasteiger partial charge >= 0.3 is 0 Å². The predicted molar refractivity (Wildman–Crippen MR) is 60.7 cm³/mol. The fraction of sp³-hybridized carbons (Fsp3) is 0.667. The average Bonchev–Trinajstić information content (AvgIpc) is 2.66. The number of hydrogen-bond donors (Lipinski definition) is 2. The molecule has 2 unspecified atom stereocenters. The van der Waals surface area contributed by atoms with Gasteiger partial charge in [0.15, 0.2) is 0 Å². The SMILES string of the molecule is CC(Cc1ccco1)NC(CO)C(C)C. The first kappa shape index (κ1) is 12.3. The van der Waals surface area contributed by atoms with E-state index in [2.05, 4.69) is 26.1 Å². The van der Waals surface area contributed by atoms with Gasteiger partial charge in [0, 0.05) is 18.5 Å². The number of hydrogen-bond acceptors (Lipinski definition) is 3. The van der Waals surface area contributed by atoms with Crippen LogP contribution in [0.4, 0.5) is 0 Å². The summed E-state index contributed by atoms with van der Waals surface area (Å²) in [6.45, 7) is 6.49. The molecule has 2 atom stereocenters. The average molecular weight is 211 g/mol. The van der Waals surface area contributed by atoms with Gasteiger partial charge in [0.1, 0.15) is 5.76 Å². The molecule has 0 aliphatic rings. The molecule has 2 N–H and O–H groups in total. The van der Waals surface area contributed by atoms with E-state index < -0.39 is 0 Å². The Hall–Kier alpha value is -0.800. The molecule has 1 heterocycles. The molecular formula is C12H21NO2. The van der Waals surface area contributed by atoms with Crippen LogP contribution in [0.1, 0.15) is 26.5 Å². The lowest BCUT2D eigenvalue weighted by molar-refractivity contribution is 0.199. The third kappa shape index (κ3) is 4.06. The summed E-state index contributed by atoms with van der Waals surface area (Å²) >= 11 is 0. The van der Waals surface area contributed by atoms with Gasteiger partial charge in [0.05, 0.1) is 12.9 Å². The molecule has 1 rings (SSSR count). The van der Waals surface area contributed by atoms with Crippen LogP contribution >= 0.6 is 0 Å². The second-order valence-electron chi connectivity index (χ2n) is 4.38. The van der Waals surface area contributed by atoms with E-state index >= 15 is 0 Å². The van der Waals surface area contributed by atoms with E-state index in [1.165, 1.54) is 0 Å². The Morgan fingerprint density at radius 1 is 1.40 bits per heavy atom. The number of aliphatic hydroxyl groups is 1. The van der Waals surface area contributed by atoms with Crippen molar-refractivity contribution >= 4 is 0 Å². The maximum Gasteiger partial charge on any atom is 0.105 e. The van der Waals surface area contributed by atoms with E-state index in [1.807, 2.05) is 12.1 Å². The van der Waals surface area contributed by atoms with E-state index in [1.54, 1.807) is 6.26 Å². The molecule has 0 saturated heterocycles. The molecule has 0 fully saturated rings. The topological polar surface area (TPSA) is 45.4 Å². The summed E-state index contributed by atoms with van der Waals surface area (Å²) in [6.07, 6.45) is 2.55. The summed E-state index contributed by atoms with van der Waals surface area (Å²) in [6, 6.07) is 4.35. The zero-order chi connectivity index (χ0) is 11.3. The second-order valence-corrected chi connectivity index (χ2v) is 4.38. The summed E-state index contributed by atoms with van der Waals surface area (Å²) in [5.74, 6) is 1.42. The van der Waals surface area contributed by atoms with E-state index in [0.29, 0.717) is 12.0 Å². The smallest absolute Gasteiger partial charge is 0.105 e. The quantitative estimate of drug-likeness (QED) is 0.754. The van der Waals surface area contributed by atoms with Crippen molar-refractivity contribution in [2.24, 2.45) is 5.92 Å². The highest BCUT2D eigenvalue weighted by Gasteiger charge is 2.15. The highest BCUT2D eigenvalue weighted by molar-refractivity contribution is 5.00. The zero-order valence-electron chi connectivity index (χ0n) is 9.73. The summed E-state index contributed by atoms with van der Waals surface area (Å²) in [4.78, 5) is 0. The molecule has 0 radical (unpaired) electrons. The Labute approximate surface area is 91.5 Å². The Bertz CT molecular complexity index is 257. The van der Waals surface area contributed by atoms with Crippen LogP contribution < -0.4 is 5.32 Å². The molecule has 15 heavy (non-hydrogen) atoms. The fourth-order valence-corrected chi connectivity index (χ4v) is 1.61. The van der Waals surface area contributed by atoms with Gasteiger partial charge in [-0.3, -0.25) is 0 Å². The minimum atomic E-state index is 0.162. The lowest BCUT2D eigenvalue weighted by Gasteiger charge is -2.24. The maximum atomic E-state index is 9.19. The van der Waals surface area contributed by atoms with Gasteiger partial charge in [-0.25, -0.2) is 0 Å². The van der Waals surface area contributed by atoms with E-state index in [0.717, 1.165) is 12.2 Å². The summed E-state index contributed by atoms with van der Waals surface area (Å²) in [7, 11) is 0. The van der Waals surface area contributed by atoms with E-state index in [4.69, 9.17) is 4.42 Å². The monoisotopic (exact) mass is 211 g/mol. The van der Waals surface area contributed by atoms with Crippen molar-refractivity contribution in [3.05, 3.63) is 24.2 Å². The van der Waals surface area contributed by atoms with Crippen LogP contribution in [0.3, 0.4) is 0 Å². The standard InChI is InChI=1S/C12H21NO2/c1-9(2)12(8-14)13-10(3)7-11-5-4-6-15-11/h4-6,9-10,12-14H,7-8H2,1-3H3. The third-order valence-electron chi connectivity index (χ3n) is 2.59. The predicted octanol–water partition coefficient (Wildman–Crippen LogP) is 1.82. The van der Waals surface area contributed by atoms with Crippen molar-refractivity contribution in [2.75, 3.05) is 6.61 Å². The molecule has 0 saturated carbocycles. The molecule has 0 aliphatic carbocycles. The number of furan rings is 1.